The molecule has 3 aromatic rings. The highest BCUT2D eigenvalue weighted by atomic mass is 19.1. The van der Waals surface area contributed by atoms with Crippen molar-refractivity contribution >= 4 is 11.5 Å². The van der Waals surface area contributed by atoms with Crippen LogP contribution in [-0.4, -0.2) is 37.9 Å². The van der Waals surface area contributed by atoms with E-state index in [2.05, 4.69) is 15.1 Å². The van der Waals surface area contributed by atoms with Crippen molar-refractivity contribution in [3.05, 3.63) is 59.6 Å². The van der Waals surface area contributed by atoms with Gasteiger partial charge in [-0.2, -0.15) is 5.10 Å². The lowest BCUT2D eigenvalue weighted by atomic mass is 10.1. The lowest BCUT2D eigenvalue weighted by molar-refractivity contribution is -0.130. The van der Waals surface area contributed by atoms with Crippen molar-refractivity contribution < 1.29 is 28.5 Å². The van der Waals surface area contributed by atoms with E-state index in [-0.39, 0.29) is 40.3 Å². The van der Waals surface area contributed by atoms with Crippen molar-refractivity contribution in [3.63, 3.8) is 0 Å². The zero-order valence-electron chi connectivity index (χ0n) is 16.7. The van der Waals surface area contributed by atoms with Crippen LogP contribution in [0, 0.1) is 12.7 Å². The Hall–Kier alpha value is -3.95. The first-order valence-electron chi connectivity index (χ1n) is 8.76. The molecule has 3 rings (SSSR count). The number of carbonyl (C=O) groups is 1. The molecule has 0 spiro atoms. The van der Waals surface area contributed by atoms with Gasteiger partial charge in [0.2, 0.25) is 11.8 Å². The zero-order chi connectivity index (χ0) is 21.8. The van der Waals surface area contributed by atoms with Gasteiger partial charge in [-0.05, 0) is 26.0 Å². The first-order chi connectivity index (χ1) is 14.3. The smallest absolute Gasteiger partial charge is 0.341 e. The number of hydrogen-bond donors (Lipinski definition) is 1. The molecule has 0 aliphatic carbocycles. The fourth-order valence-corrected chi connectivity index (χ4v) is 2.74. The molecule has 30 heavy (non-hydrogen) atoms. The van der Waals surface area contributed by atoms with Crippen molar-refractivity contribution in [1.82, 2.24) is 19.7 Å². The lowest BCUT2D eigenvalue weighted by Crippen LogP contribution is -2.09. The molecule has 0 saturated heterocycles. The van der Waals surface area contributed by atoms with E-state index in [0.717, 1.165) is 0 Å². The van der Waals surface area contributed by atoms with Gasteiger partial charge in [0, 0.05) is 7.05 Å². The normalized spacial score (nSPS) is 11.6. The van der Waals surface area contributed by atoms with Gasteiger partial charge in [-0.15, -0.1) is 0 Å². The van der Waals surface area contributed by atoms with Crippen LogP contribution in [0.1, 0.15) is 18.3 Å². The Morgan fingerprint density at radius 2 is 1.83 bits per heavy atom. The average Bonchev–Trinajstić information content (AvgIpc) is 2.97. The Morgan fingerprint density at radius 3 is 2.47 bits per heavy atom. The lowest BCUT2D eigenvalue weighted by Gasteiger charge is -2.12. The molecule has 0 aliphatic heterocycles. The van der Waals surface area contributed by atoms with E-state index in [0.29, 0.717) is 5.69 Å². The maximum absolute atomic E-state index is 13.8. The second-order valence-corrected chi connectivity index (χ2v) is 6.16. The average molecular weight is 414 g/mol. The number of para-hydroxylation sites is 1. The highest BCUT2D eigenvalue weighted by molar-refractivity contribution is 6.16. The van der Waals surface area contributed by atoms with E-state index < -0.39 is 11.8 Å². The van der Waals surface area contributed by atoms with Crippen LogP contribution in [0.5, 0.6) is 23.3 Å². The van der Waals surface area contributed by atoms with Crippen LogP contribution < -0.4 is 9.47 Å². The third-order valence-electron chi connectivity index (χ3n) is 4.15. The molecule has 10 heteroatoms. The summed E-state index contributed by atoms with van der Waals surface area (Å²) >= 11 is 0. The summed E-state index contributed by atoms with van der Waals surface area (Å²) in [5, 5.41) is 13.9. The number of aromatic nitrogens is 4. The number of hydrogen-bond acceptors (Lipinski definition) is 7. The van der Waals surface area contributed by atoms with Crippen LogP contribution in [0.3, 0.4) is 0 Å². The fourth-order valence-electron chi connectivity index (χ4n) is 2.74. The predicted molar refractivity (Wildman–Crippen MR) is 104 cm³/mol. The third-order valence-corrected chi connectivity index (χ3v) is 4.15. The molecule has 0 radical (unpaired) electrons. The monoisotopic (exact) mass is 414 g/mol. The van der Waals surface area contributed by atoms with Crippen molar-refractivity contribution in [2.45, 2.75) is 13.8 Å². The maximum Gasteiger partial charge on any atom is 0.341 e. The second kappa shape index (κ2) is 8.60. The van der Waals surface area contributed by atoms with Crippen molar-refractivity contribution in [3.8, 4) is 23.3 Å². The molecule has 1 aromatic carbocycles. The molecular weight excluding hydrogens is 395 g/mol. The van der Waals surface area contributed by atoms with E-state index in [9.17, 15) is 14.3 Å². The minimum Gasteiger partial charge on any atom is -0.500 e. The Labute approximate surface area is 171 Å². The number of carboxylic acid groups (broad SMARTS) is 1. The molecule has 2 aromatic heterocycles. The molecule has 0 atom stereocenters. The quantitative estimate of drug-likeness (QED) is 0.460. The largest absolute Gasteiger partial charge is 0.500 e. The molecule has 0 bridgehead atoms. The molecular formula is C20H19FN4O5. The SMILES string of the molecule is COC(C)=C(C(=O)O)c1c(Oc2cc(Oc3ccccc3F)ncn2)c(C)nn1C. The molecule has 0 saturated carbocycles. The zero-order valence-corrected chi connectivity index (χ0v) is 16.7. The molecule has 0 unspecified atom stereocenters. The molecule has 0 fully saturated rings. The molecule has 0 amide bonds. The van der Waals surface area contributed by atoms with Gasteiger partial charge >= 0.3 is 5.97 Å². The standard InChI is InChI=1S/C20H19FN4O5/c1-11-19(18(25(3)24-11)17(20(26)27)12(2)28-4)30-16-9-15(22-10-23-16)29-14-8-6-5-7-13(14)21/h5-10H,1-4H3,(H,26,27). The van der Waals surface area contributed by atoms with Gasteiger partial charge in [0.15, 0.2) is 17.3 Å². The molecule has 1 N–H and O–H groups in total. The number of halogens is 1. The van der Waals surface area contributed by atoms with Crippen molar-refractivity contribution in [2.75, 3.05) is 7.11 Å². The van der Waals surface area contributed by atoms with E-state index in [1.54, 1.807) is 26.1 Å². The van der Waals surface area contributed by atoms with E-state index in [1.165, 1.54) is 43.2 Å². The summed E-state index contributed by atoms with van der Waals surface area (Å²) in [4.78, 5) is 19.8. The first-order valence-corrected chi connectivity index (χ1v) is 8.76. The second-order valence-electron chi connectivity index (χ2n) is 6.16. The van der Waals surface area contributed by atoms with Crippen molar-refractivity contribution in [2.24, 2.45) is 7.05 Å². The van der Waals surface area contributed by atoms with Gasteiger partial charge in [-0.25, -0.2) is 19.2 Å². The van der Waals surface area contributed by atoms with Crippen LogP contribution in [0.15, 0.2) is 42.4 Å². The maximum atomic E-state index is 13.8. The summed E-state index contributed by atoms with van der Waals surface area (Å²) in [6.45, 7) is 3.19. The molecule has 156 valence electrons. The third kappa shape index (κ3) is 4.22. The summed E-state index contributed by atoms with van der Waals surface area (Å²) < 4.78 is 31.6. The highest BCUT2D eigenvalue weighted by Crippen LogP contribution is 2.35. The van der Waals surface area contributed by atoms with Gasteiger partial charge in [-0.3, -0.25) is 4.68 Å². The van der Waals surface area contributed by atoms with Gasteiger partial charge in [0.05, 0.1) is 13.2 Å². The number of allylic oxidation sites excluding steroid dienone is 1. The number of rotatable bonds is 7. The van der Waals surface area contributed by atoms with Gasteiger partial charge in [0.25, 0.3) is 0 Å². The Kier molecular flexibility index (Phi) is 5.95. The Morgan fingerprint density at radius 1 is 1.17 bits per heavy atom. The predicted octanol–water partition coefficient (Wildman–Crippen LogP) is 3.70. The number of ether oxygens (including phenoxy) is 3. The number of aryl methyl sites for hydroxylation is 2. The summed E-state index contributed by atoms with van der Waals surface area (Å²) in [5.41, 5.74) is 0.535. The molecule has 9 nitrogen and oxygen atoms in total. The van der Waals surface area contributed by atoms with Crippen LogP contribution in [0.2, 0.25) is 0 Å². The first kappa shape index (κ1) is 20.8. The van der Waals surface area contributed by atoms with Gasteiger partial charge in [0.1, 0.15) is 29.0 Å². The Balaban J connectivity index is 1.98. The fraction of sp³-hybridized carbons (Fsp3) is 0.200. The minimum atomic E-state index is -1.20. The summed E-state index contributed by atoms with van der Waals surface area (Å²) in [5.74, 6) is -1.27. The number of benzene rings is 1. The van der Waals surface area contributed by atoms with Crippen molar-refractivity contribution in [1.29, 1.82) is 0 Å². The number of methoxy groups -OCH3 is 1. The summed E-state index contributed by atoms with van der Waals surface area (Å²) in [7, 11) is 2.96. The van der Waals surface area contributed by atoms with E-state index in [4.69, 9.17) is 14.2 Å². The number of carboxylic acids is 1. The molecule has 2 heterocycles. The van der Waals surface area contributed by atoms with E-state index >= 15 is 0 Å². The minimum absolute atomic E-state index is 0.00721. The van der Waals surface area contributed by atoms with Crippen LogP contribution in [0.25, 0.3) is 5.57 Å². The van der Waals surface area contributed by atoms with Crippen LogP contribution in [0.4, 0.5) is 4.39 Å². The Bertz CT molecular complexity index is 1130. The summed E-state index contributed by atoms with van der Waals surface area (Å²) in [6, 6.07) is 7.24. The molecule has 0 aliphatic rings. The number of aliphatic carboxylic acids is 1. The van der Waals surface area contributed by atoms with Gasteiger partial charge in [-0.1, -0.05) is 12.1 Å². The van der Waals surface area contributed by atoms with Gasteiger partial charge < -0.3 is 19.3 Å². The van der Waals surface area contributed by atoms with Crippen LogP contribution >= 0.6 is 0 Å². The summed E-state index contributed by atoms with van der Waals surface area (Å²) in [6.07, 6.45) is 1.19. The highest BCUT2D eigenvalue weighted by Gasteiger charge is 2.27. The van der Waals surface area contributed by atoms with Crippen LogP contribution in [-0.2, 0) is 16.6 Å². The number of nitrogens with zero attached hydrogens (tertiary/aromatic N) is 4. The van der Waals surface area contributed by atoms with E-state index in [1.807, 2.05) is 0 Å². The topological polar surface area (TPSA) is 109 Å².